The number of hydrogen-bond donors (Lipinski definition) is 0. The summed E-state index contributed by atoms with van der Waals surface area (Å²) in [5, 5.41) is 0.0861. The molecule has 0 N–H and O–H groups in total. The zero-order chi connectivity index (χ0) is 21.3. The van der Waals surface area contributed by atoms with Crippen molar-refractivity contribution in [1.29, 1.82) is 0 Å². The predicted octanol–water partition coefficient (Wildman–Crippen LogP) is 7.92. The number of allylic oxidation sites excluding steroid dienone is 1. The predicted molar refractivity (Wildman–Crippen MR) is 115 cm³/mol. The molecule has 4 atom stereocenters. The van der Waals surface area contributed by atoms with Gasteiger partial charge in [0.15, 0.2) is 0 Å². The van der Waals surface area contributed by atoms with E-state index in [0.29, 0.717) is 11.8 Å². The summed E-state index contributed by atoms with van der Waals surface area (Å²) < 4.78 is 50.7. The second-order valence-electron chi connectivity index (χ2n) is 9.09. The van der Waals surface area contributed by atoms with E-state index in [-0.39, 0.29) is 34.6 Å². The van der Waals surface area contributed by atoms with Gasteiger partial charge in [-0.1, -0.05) is 31.9 Å². The van der Waals surface area contributed by atoms with Crippen LogP contribution >= 0.6 is 0 Å². The summed E-state index contributed by atoms with van der Waals surface area (Å²) in [4.78, 5) is 0. The van der Waals surface area contributed by atoms with Crippen LogP contribution in [0.1, 0.15) is 70.3 Å². The van der Waals surface area contributed by atoms with E-state index in [0.717, 1.165) is 31.6 Å². The van der Waals surface area contributed by atoms with Crippen LogP contribution in [0.3, 0.4) is 0 Å². The molecule has 2 aliphatic carbocycles. The van der Waals surface area contributed by atoms with Gasteiger partial charge in [0.05, 0.1) is 5.39 Å². The second kappa shape index (κ2) is 9.03. The fraction of sp³-hybridized carbons (Fsp3) is 0.538. The molecule has 0 amide bonds. The van der Waals surface area contributed by atoms with Crippen molar-refractivity contribution in [2.24, 2.45) is 17.8 Å². The van der Waals surface area contributed by atoms with Crippen LogP contribution in [0.15, 0.2) is 30.4 Å². The molecule has 2 aromatic rings. The topological polar surface area (TPSA) is 9.23 Å². The summed E-state index contributed by atoms with van der Waals surface area (Å²) in [6.45, 7) is 4.40. The third kappa shape index (κ3) is 4.10. The third-order valence-corrected chi connectivity index (χ3v) is 7.38. The first-order valence-corrected chi connectivity index (χ1v) is 11.4. The van der Waals surface area contributed by atoms with Gasteiger partial charge < -0.3 is 4.74 Å². The van der Waals surface area contributed by atoms with Gasteiger partial charge in [0, 0.05) is 11.6 Å². The second-order valence-corrected chi connectivity index (χ2v) is 9.09. The lowest BCUT2D eigenvalue weighted by molar-refractivity contribution is 0.115. The summed E-state index contributed by atoms with van der Waals surface area (Å²) in [6.07, 6.45) is 11.1. The van der Waals surface area contributed by atoms with Crippen molar-refractivity contribution >= 4 is 10.8 Å². The highest BCUT2D eigenvalue weighted by Gasteiger charge is 2.37. The van der Waals surface area contributed by atoms with Crippen molar-refractivity contribution in [1.82, 2.24) is 0 Å². The molecule has 2 fully saturated rings. The zero-order valence-electron chi connectivity index (χ0n) is 17.9. The Balaban J connectivity index is 1.62. The monoisotopic (exact) mass is 416 g/mol. The van der Waals surface area contributed by atoms with Crippen molar-refractivity contribution in [3.8, 4) is 5.75 Å². The molecule has 0 spiro atoms. The standard InChI is InChI=1S/C26H31F3O/c1-3-5-10-30-21-13-20-14-22(27)24(26(29)25(20)23(28)15-21)19-9-8-17-11-16(4-2)6-7-18(17)12-19/h3,5,13-19H,4,6-12H2,1-2H3/b5-3+/t16?,17-,18?,19-/m1/s1. The van der Waals surface area contributed by atoms with Crippen LogP contribution < -0.4 is 4.74 Å². The van der Waals surface area contributed by atoms with E-state index in [4.69, 9.17) is 4.74 Å². The lowest BCUT2D eigenvalue weighted by Gasteiger charge is -2.42. The van der Waals surface area contributed by atoms with Crippen LogP contribution in [0.4, 0.5) is 13.2 Å². The van der Waals surface area contributed by atoms with Gasteiger partial charge in [-0.2, -0.15) is 0 Å². The molecular weight excluding hydrogens is 385 g/mol. The molecule has 1 nitrogen and oxygen atoms in total. The Morgan fingerprint density at radius 3 is 2.50 bits per heavy atom. The molecule has 2 aromatic carbocycles. The molecule has 0 radical (unpaired) electrons. The normalized spacial score (nSPS) is 26.8. The molecule has 30 heavy (non-hydrogen) atoms. The molecular formula is C26H31F3O. The Morgan fingerprint density at radius 2 is 1.73 bits per heavy atom. The minimum absolute atomic E-state index is 0.0834. The van der Waals surface area contributed by atoms with Crippen molar-refractivity contribution < 1.29 is 17.9 Å². The SMILES string of the molecule is C/C=C/COc1cc(F)c2c(F)c([C@@H]3CC[C@@H]4CC(CC)CCC4C3)c(F)cc2c1. The van der Waals surface area contributed by atoms with Crippen LogP contribution in [0, 0.1) is 35.2 Å². The van der Waals surface area contributed by atoms with Gasteiger partial charge in [0.25, 0.3) is 0 Å². The zero-order valence-corrected chi connectivity index (χ0v) is 17.9. The van der Waals surface area contributed by atoms with Gasteiger partial charge in [-0.15, -0.1) is 0 Å². The van der Waals surface area contributed by atoms with Crippen molar-refractivity contribution in [3.63, 3.8) is 0 Å². The quantitative estimate of drug-likeness (QED) is 0.450. The van der Waals surface area contributed by atoms with E-state index in [9.17, 15) is 4.39 Å². The summed E-state index contributed by atoms with van der Waals surface area (Å²) >= 11 is 0. The maximum atomic E-state index is 15.4. The lowest BCUT2D eigenvalue weighted by Crippen LogP contribution is -2.30. The van der Waals surface area contributed by atoms with E-state index in [1.165, 1.54) is 37.5 Å². The number of halogens is 3. The first kappa shape index (κ1) is 21.3. The Hall–Kier alpha value is -1.97. The summed E-state index contributed by atoms with van der Waals surface area (Å²) in [6, 6.07) is 3.99. The largest absolute Gasteiger partial charge is 0.489 e. The van der Waals surface area contributed by atoms with Crippen molar-refractivity contribution in [2.45, 2.75) is 64.7 Å². The lowest BCUT2D eigenvalue weighted by atomic mass is 9.63. The van der Waals surface area contributed by atoms with Gasteiger partial charge in [-0.05, 0) is 80.2 Å². The molecule has 0 aromatic heterocycles. The van der Waals surface area contributed by atoms with Gasteiger partial charge >= 0.3 is 0 Å². The molecule has 4 heteroatoms. The van der Waals surface area contributed by atoms with Crippen molar-refractivity contribution in [2.75, 3.05) is 6.61 Å². The molecule has 0 bridgehead atoms. The molecule has 2 unspecified atom stereocenters. The maximum Gasteiger partial charge on any atom is 0.140 e. The number of fused-ring (bicyclic) bond motifs is 2. The highest BCUT2D eigenvalue weighted by molar-refractivity contribution is 5.86. The highest BCUT2D eigenvalue weighted by Crippen LogP contribution is 2.49. The number of ether oxygens (including phenoxy) is 1. The fourth-order valence-corrected chi connectivity index (χ4v) is 5.72. The van der Waals surface area contributed by atoms with Crippen LogP contribution in [0.5, 0.6) is 5.75 Å². The molecule has 2 aliphatic rings. The van der Waals surface area contributed by atoms with Crippen molar-refractivity contribution in [3.05, 3.63) is 53.4 Å². The minimum Gasteiger partial charge on any atom is -0.489 e. The van der Waals surface area contributed by atoms with E-state index in [2.05, 4.69) is 6.92 Å². The highest BCUT2D eigenvalue weighted by atomic mass is 19.1. The Kier molecular flexibility index (Phi) is 6.40. The van der Waals surface area contributed by atoms with Gasteiger partial charge in [0.1, 0.15) is 29.8 Å². The molecule has 4 rings (SSSR count). The Morgan fingerprint density at radius 1 is 0.967 bits per heavy atom. The molecule has 0 aliphatic heterocycles. The van der Waals surface area contributed by atoms with Crippen LogP contribution in [0.25, 0.3) is 10.8 Å². The molecule has 0 heterocycles. The number of rotatable bonds is 5. The van der Waals surface area contributed by atoms with Crippen LogP contribution in [0.2, 0.25) is 0 Å². The van der Waals surface area contributed by atoms with Crippen LogP contribution in [-0.2, 0) is 0 Å². The summed E-state index contributed by atoms with van der Waals surface area (Å²) in [7, 11) is 0. The minimum atomic E-state index is -0.729. The Bertz CT molecular complexity index is 936. The fourth-order valence-electron chi connectivity index (χ4n) is 5.72. The van der Waals surface area contributed by atoms with E-state index in [1.807, 2.05) is 13.0 Å². The van der Waals surface area contributed by atoms with Gasteiger partial charge in [-0.25, -0.2) is 13.2 Å². The van der Waals surface area contributed by atoms with E-state index < -0.39 is 17.5 Å². The summed E-state index contributed by atoms with van der Waals surface area (Å²) in [5.74, 6) is 0.142. The Labute approximate surface area is 177 Å². The van der Waals surface area contributed by atoms with Gasteiger partial charge in [0.2, 0.25) is 0 Å². The molecule has 0 saturated heterocycles. The average Bonchev–Trinajstić information content (AvgIpc) is 2.73. The first-order chi connectivity index (χ1) is 14.5. The average molecular weight is 417 g/mol. The maximum absolute atomic E-state index is 15.4. The van der Waals surface area contributed by atoms with Crippen LogP contribution in [-0.4, -0.2) is 6.61 Å². The number of benzene rings is 2. The molecule has 162 valence electrons. The first-order valence-electron chi connectivity index (χ1n) is 11.4. The van der Waals surface area contributed by atoms with E-state index in [1.54, 1.807) is 6.08 Å². The van der Waals surface area contributed by atoms with E-state index >= 15 is 8.78 Å². The summed E-state index contributed by atoms with van der Waals surface area (Å²) in [5.41, 5.74) is 0.0834. The van der Waals surface area contributed by atoms with Gasteiger partial charge in [-0.3, -0.25) is 0 Å². The third-order valence-electron chi connectivity index (χ3n) is 7.38. The molecule has 2 saturated carbocycles. The number of hydrogen-bond acceptors (Lipinski definition) is 1. The smallest absolute Gasteiger partial charge is 0.140 e.